The quantitative estimate of drug-likeness (QED) is 0.225. The first-order valence-electron chi connectivity index (χ1n) is 6.83. The zero-order valence-corrected chi connectivity index (χ0v) is 12.1. The Morgan fingerprint density at radius 2 is 1.87 bits per heavy atom. The van der Waals surface area contributed by atoms with Gasteiger partial charge in [0.25, 0.3) is 0 Å². The van der Waals surface area contributed by atoms with Crippen LogP contribution in [0.4, 0.5) is 17.6 Å². The minimum absolute atomic E-state index is 0.00374. The van der Waals surface area contributed by atoms with Gasteiger partial charge in [-0.15, -0.1) is 0 Å². The summed E-state index contributed by atoms with van der Waals surface area (Å²) in [6.07, 6.45) is 2.43. The maximum atomic E-state index is 13.7. The van der Waals surface area contributed by atoms with Crippen molar-refractivity contribution in [2.75, 3.05) is 6.61 Å². The fourth-order valence-corrected chi connectivity index (χ4v) is 1.74. The van der Waals surface area contributed by atoms with Crippen molar-refractivity contribution < 1.29 is 32.2 Å². The van der Waals surface area contributed by atoms with Gasteiger partial charge >= 0.3 is 5.97 Å². The second-order valence-electron chi connectivity index (χ2n) is 4.84. The molecule has 0 radical (unpaired) electrons. The molecule has 8 heteroatoms. The van der Waals surface area contributed by atoms with E-state index in [1.165, 1.54) is 6.92 Å². The lowest BCUT2D eigenvalue weighted by atomic mass is 10.1. The minimum Gasteiger partial charge on any atom is -0.506 e. The molecule has 0 amide bonds. The molecule has 4 nitrogen and oxygen atoms in total. The van der Waals surface area contributed by atoms with Crippen molar-refractivity contribution in [1.82, 2.24) is 0 Å². The van der Waals surface area contributed by atoms with Gasteiger partial charge in [-0.3, -0.25) is 4.99 Å². The summed E-state index contributed by atoms with van der Waals surface area (Å²) in [5.74, 6) is -9.43. The van der Waals surface area contributed by atoms with Crippen LogP contribution in [0.2, 0.25) is 0 Å². The number of hydrogen-bond acceptors (Lipinski definition) is 4. The van der Waals surface area contributed by atoms with E-state index in [4.69, 9.17) is 0 Å². The van der Waals surface area contributed by atoms with Crippen LogP contribution in [0.3, 0.4) is 0 Å². The van der Waals surface area contributed by atoms with E-state index in [0.717, 1.165) is 19.1 Å². The molecule has 1 aliphatic rings. The Labute approximate surface area is 129 Å². The molecule has 23 heavy (non-hydrogen) atoms. The molecule has 0 unspecified atom stereocenters. The highest BCUT2D eigenvalue weighted by atomic mass is 19.2. The average Bonchev–Trinajstić information content (AvgIpc) is 3.30. The number of esters is 1. The number of hydrogen-bond donors (Lipinski definition) is 1. The number of carbonyl (C=O) groups is 1. The van der Waals surface area contributed by atoms with Gasteiger partial charge in [-0.2, -0.15) is 0 Å². The van der Waals surface area contributed by atoms with Crippen LogP contribution < -0.4 is 0 Å². The Morgan fingerprint density at radius 1 is 1.30 bits per heavy atom. The fraction of sp³-hybridized carbons (Fsp3) is 0.333. The fourth-order valence-electron chi connectivity index (χ4n) is 1.74. The maximum absolute atomic E-state index is 13.7. The van der Waals surface area contributed by atoms with Gasteiger partial charge < -0.3 is 9.84 Å². The van der Waals surface area contributed by atoms with E-state index in [-0.39, 0.29) is 18.7 Å². The zero-order chi connectivity index (χ0) is 17.1. The normalized spacial score (nSPS) is 15.7. The second-order valence-corrected chi connectivity index (χ2v) is 4.84. The average molecular weight is 331 g/mol. The van der Waals surface area contributed by atoms with Crippen molar-refractivity contribution >= 4 is 17.9 Å². The Balaban J connectivity index is 2.59. The van der Waals surface area contributed by atoms with Crippen molar-refractivity contribution in [3.63, 3.8) is 0 Å². The van der Waals surface area contributed by atoms with Gasteiger partial charge in [-0.25, -0.2) is 22.4 Å². The highest BCUT2D eigenvalue weighted by Gasteiger charge is 2.27. The van der Waals surface area contributed by atoms with Crippen LogP contribution in [0, 0.1) is 23.3 Å². The molecule has 1 fully saturated rings. The van der Waals surface area contributed by atoms with Crippen LogP contribution in [-0.4, -0.2) is 29.9 Å². The Kier molecular flexibility index (Phi) is 5.02. The number of benzene rings is 1. The van der Waals surface area contributed by atoms with Gasteiger partial charge in [-0.05, 0) is 19.8 Å². The number of aliphatic imine (C=N–C) groups is 1. The largest absolute Gasteiger partial charge is 0.506 e. The van der Waals surface area contributed by atoms with Gasteiger partial charge in [-0.1, -0.05) is 0 Å². The van der Waals surface area contributed by atoms with Crippen molar-refractivity contribution in [1.29, 1.82) is 0 Å². The van der Waals surface area contributed by atoms with Gasteiger partial charge in [0.05, 0.1) is 18.2 Å². The van der Waals surface area contributed by atoms with Crippen LogP contribution in [0.25, 0.3) is 5.76 Å². The summed E-state index contributed by atoms with van der Waals surface area (Å²) < 4.78 is 58.6. The lowest BCUT2D eigenvalue weighted by Gasteiger charge is -2.09. The highest BCUT2D eigenvalue weighted by Crippen LogP contribution is 2.28. The van der Waals surface area contributed by atoms with E-state index < -0.39 is 46.1 Å². The Hall–Kier alpha value is -2.38. The van der Waals surface area contributed by atoms with Gasteiger partial charge in [0.2, 0.25) is 0 Å². The molecule has 1 saturated carbocycles. The molecule has 1 N–H and O–H groups in total. The topological polar surface area (TPSA) is 58.9 Å². The molecule has 2 rings (SSSR count). The number of rotatable bonds is 5. The first kappa shape index (κ1) is 17.0. The van der Waals surface area contributed by atoms with Crippen LogP contribution >= 0.6 is 0 Å². The van der Waals surface area contributed by atoms with Gasteiger partial charge in [0.15, 0.2) is 23.3 Å². The molecule has 0 atom stereocenters. The predicted octanol–water partition coefficient (Wildman–Crippen LogP) is 3.31. The van der Waals surface area contributed by atoms with Crippen molar-refractivity contribution in [3.05, 3.63) is 40.5 Å². The second kappa shape index (κ2) is 6.80. The summed E-state index contributed by atoms with van der Waals surface area (Å²) in [5.41, 5.74) is -2.06. The van der Waals surface area contributed by atoms with Crippen molar-refractivity contribution in [2.45, 2.75) is 25.8 Å². The lowest BCUT2D eigenvalue weighted by molar-refractivity contribution is -0.137. The van der Waals surface area contributed by atoms with E-state index in [9.17, 15) is 27.5 Å². The first-order valence-corrected chi connectivity index (χ1v) is 6.83. The van der Waals surface area contributed by atoms with E-state index in [1.807, 2.05) is 0 Å². The summed E-state index contributed by atoms with van der Waals surface area (Å²) in [7, 11) is 0. The molecule has 1 aromatic rings. The van der Waals surface area contributed by atoms with Crippen LogP contribution in [0.15, 0.2) is 16.6 Å². The number of halogens is 4. The molecule has 0 heterocycles. The smallest absolute Gasteiger partial charge is 0.343 e. The highest BCUT2D eigenvalue weighted by molar-refractivity contribution is 6.15. The van der Waals surface area contributed by atoms with E-state index in [1.54, 1.807) is 0 Å². The molecule has 0 spiro atoms. The molecule has 0 bridgehead atoms. The van der Waals surface area contributed by atoms with Crippen molar-refractivity contribution in [3.8, 4) is 0 Å². The van der Waals surface area contributed by atoms with Crippen LogP contribution in [0.5, 0.6) is 0 Å². The molecule has 1 aromatic carbocycles. The molecular weight excluding hydrogens is 318 g/mol. The Morgan fingerprint density at radius 3 is 2.35 bits per heavy atom. The monoisotopic (exact) mass is 331 g/mol. The third-order valence-corrected chi connectivity index (χ3v) is 3.06. The summed E-state index contributed by atoms with van der Waals surface area (Å²) in [5, 5.41) is 10.00. The molecular formula is C15H13F4NO3. The van der Waals surface area contributed by atoms with Crippen molar-refractivity contribution in [2.24, 2.45) is 4.99 Å². The number of ether oxygens (including phenoxy) is 1. The van der Waals surface area contributed by atoms with E-state index in [2.05, 4.69) is 9.73 Å². The van der Waals surface area contributed by atoms with Crippen LogP contribution in [0.1, 0.15) is 25.3 Å². The lowest BCUT2D eigenvalue weighted by Crippen LogP contribution is -2.13. The molecule has 124 valence electrons. The van der Waals surface area contributed by atoms with Gasteiger partial charge in [0.1, 0.15) is 11.3 Å². The summed E-state index contributed by atoms with van der Waals surface area (Å²) >= 11 is 0. The standard InChI is InChI=1S/C15H13F4NO3/c1-2-23-15(22)8(6-20-7-3-4-7)14(21)11-12(18)9(16)5-10(17)13(11)19/h5-7,21H,2-4H2,1H3/b14-8-,20-6?. The van der Waals surface area contributed by atoms with Gasteiger partial charge in [0, 0.05) is 12.3 Å². The zero-order valence-electron chi connectivity index (χ0n) is 12.1. The molecule has 0 saturated heterocycles. The van der Waals surface area contributed by atoms with Crippen LogP contribution in [-0.2, 0) is 9.53 Å². The number of aliphatic hydroxyl groups excluding tert-OH is 1. The molecule has 0 aliphatic heterocycles. The SMILES string of the molecule is CCOC(=O)/C(C=NC1CC1)=C(\O)c1c(F)c(F)cc(F)c1F. The third-order valence-electron chi connectivity index (χ3n) is 3.06. The maximum Gasteiger partial charge on any atom is 0.343 e. The minimum atomic E-state index is -1.82. The number of nitrogens with zero attached hydrogens (tertiary/aromatic N) is 1. The summed E-state index contributed by atoms with van der Waals surface area (Å²) in [6, 6.07) is -0.0600. The summed E-state index contributed by atoms with van der Waals surface area (Å²) in [6.45, 7) is 1.41. The predicted molar refractivity (Wildman–Crippen MR) is 74.0 cm³/mol. The van der Waals surface area contributed by atoms with E-state index >= 15 is 0 Å². The molecule has 1 aliphatic carbocycles. The Bertz CT molecular complexity index is 670. The summed E-state index contributed by atoms with van der Waals surface area (Å²) in [4.78, 5) is 15.7. The third kappa shape index (κ3) is 3.69. The number of carbonyl (C=O) groups excluding carboxylic acids is 1. The molecule has 0 aromatic heterocycles. The van der Waals surface area contributed by atoms with E-state index in [0.29, 0.717) is 0 Å². The first-order chi connectivity index (χ1) is 10.9. The number of aliphatic hydroxyl groups is 1.